The molecule has 1 aromatic carbocycles. The molecule has 0 bridgehead atoms. The van der Waals surface area contributed by atoms with Crippen molar-refractivity contribution in [2.45, 2.75) is 37.5 Å². The minimum Gasteiger partial charge on any atom is -0.382 e. The van der Waals surface area contributed by atoms with Crippen molar-refractivity contribution in [3.8, 4) is 0 Å². The number of aliphatic hydroxyl groups excluding tert-OH is 1. The van der Waals surface area contributed by atoms with Crippen LogP contribution in [0.15, 0.2) is 30.3 Å². The molecule has 0 radical (unpaired) electrons. The number of hydrogen-bond acceptors (Lipinski definition) is 3. The van der Waals surface area contributed by atoms with Crippen molar-refractivity contribution in [1.29, 1.82) is 0 Å². The van der Waals surface area contributed by atoms with E-state index in [1.807, 2.05) is 30.3 Å². The van der Waals surface area contributed by atoms with Gasteiger partial charge in [-0.15, -0.1) is 24.8 Å². The summed E-state index contributed by atoms with van der Waals surface area (Å²) >= 11 is 0. The Kier molecular flexibility index (Phi) is 8.02. The van der Waals surface area contributed by atoms with Crippen molar-refractivity contribution in [3.63, 3.8) is 0 Å². The molecule has 4 nitrogen and oxygen atoms in total. The van der Waals surface area contributed by atoms with Crippen LogP contribution in [-0.4, -0.2) is 29.2 Å². The second-order valence-corrected chi connectivity index (χ2v) is 4.58. The molecule has 0 aliphatic heterocycles. The number of carbonyl (C=O) groups excluding carboxylic acids is 1. The molecule has 2 rings (SSSR count). The number of nitrogens with one attached hydrogen (secondary N) is 1. The quantitative estimate of drug-likeness (QED) is 0.761. The Morgan fingerprint density at radius 2 is 1.89 bits per heavy atom. The summed E-state index contributed by atoms with van der Waals surface area (Å²) < 4.78 is 0. The molecule has 1 aromatic rings. The van der Waals surface area contributed by atoms with Crippen LogP contribution in [0.4, 0.5) is 0 Å². The van der Waals surface area contributed by atoms with E-state index in [1.165, 1.54) is 0 Å². The molecule has 1 saturated carbocycles. The van der Waals surface area contributed by atoms with E-state index in [2.05, 4.69) is 5.32 Å². The third-order valence-corrected chi connectivity index (χ3v) is 2.91. The monoisotopic (exact) mass is 306 g/mol. The van der Waals surface area contributed by atoms with Gasteiger partial charge in [0, 0.05) is 12.1 Å². The van der Waals surface area contributed by atoms with Gasteiger partial charge >= 0.3 is 0 Å². The van der Waals surface area contributed by atoms with Crippen LogP contribution in [0.3, 0.4) is 0 Å². The van der Waals surface area contributed by atoms with Crippen molar-refractivity contribution < 1.29 is 9.90 Å². The number of nitrogens with two attached hydrogens (primary N) is 1. The van der Waals surface area contributed by atoms with Crippen LogP contribution in [0.5, 0.6) is 0 Å². The summed E-state index contributed by atoms with van der Waals surface area (Å²) in [7, 11) is 0. The highest BCUT2D eigenvalue weighted by Gasteiger charge is 2.29. The summed E-state index contributed by atoms with van der Waals surface area (Å²) in [4.78, 5) is 11.6. The highest BCUT2D eigenvalue weighted by atomic mass is 35.5. The second kappa shape index (κ2) is 8.38. The van der Waals surface area contributed by atoms with Gasteiger partial charge in [0.1, 0.15) is 6.10 Å². The van der Waals surface area contributed by atoms with E-state index < -0.39 is 12.1 Å². The molecule has 19 heavy (non-hydrogen) atoms. The van der Waals surface area contributed by atoms with Crippen molar-refractivity contribution in [2.24, 2.45) is 5.73 Å². The summed E-state index contributed by atoms with van der Waals surface area (Å²) in [5.41, 5.74) is 6.86. The topological polar surface area (TPSA) is 75.3 Å². The minimum absolute atomic E-state index is 0. The number of halogens is 2. The fourth-order valence-electron chi connectivity index (χ4n) is 1.71. The van der Waals surface area contributed by atoms with Gasteiger partial charge < -0.3 is 16.2 Å². The lowest BCUT2D eigenvalue weighted by molar-refractivity contribution is -0.130. The van der Waals surface area contributed by atoms with Gasteiger partial charge in [0.2, 0.25) is 0 Å². The van der Waals surface area contributed by atoms with Crippen LogP contribution in [0, 0.1) is 0 Å². The van der Waals surface area contributed by atoms with E-state index in [0.29, 0.717) is 6.42 Å². The molecule has 4 N–H and O–H groups in total. The van der Waals surface area contributed by atoms with Gasteiger partial charge in [-0.25, -0.2) is 0 Å². The standard InChI is InChI=1S/C13H18N2O2.2ClH/c14-11(8-9-4-2-1-3-5-9)12(16)13(17)15-10-6-7-10;;/h1-5,10-12,16H,6-8,14H2,(H,15,17);2*1H. The van der Waals surface area contributed by atoms with Gasteiger partial charge in [-0.3, -0.25) is 4.79 Å². The summed E-state index contributed by atoms with van der Waals surface area (Å²) in [6, 6.07) is 9.32. The minimum atomic E-state index is -1.13. The molecular weight excluding hydrogens is 287 g/mol. The highest BCUT2D eigenvalue weighted by molar-refractivity contribution is 5.85. The van der Waals surface area contributed by atoms with Crippen LogP contribution < -0.4 is 11.1 Å². The number of benzene rings is 1. The maximum Gasteiger partial charge on any atom is 0.250 e. The Balaban J connectivity index is 0.00000162. The maximum absolute atomic E-state index is 11.6. The highest BCUT2D eigenvalue weighted by Crippen LogP contribution is 2.18. The smallest absolute Gasteiger partial charge is 0.250 e. The molecule has 1 amide bonds. The Morgan fingerprint density at radius 3 is 2.42 bits per heavy atom. The van der Waals surface area contributed by atoms with Gasteiger partial charge in [-0.1, -0.05) is 30.3 Å². The Bertz CT molecular complexity index is 385. The van der Waals surface area contributed by atoms with Crippen LogP contribution in [0.1, 0.15) is 18.4 Å². The lowest BCUT2D eigenvalue weighted by Gasteiger charge is -2.18. The van der Waals surface area contributed by atoms with Crippen molar-refractivity contribution >= 4 is 30.7 Å². The summed E-state index contributed by atoms with van der Waals surface area (Å²) in [5.74, 6) is -0.351. The first-order valence-corrected chi connectivity index (χ1v) is 5.95. The number of rotatable bonds is 5. The maximum atomic E-state index is 11.6. The molecule has 1 aliphatic carbocycles. The molecule has 0 saturated heterocycles. The zero-order chi connectivity index (χ0) is 12.3. The summed E-state index contributed by atoms with van der Waals surface area (Å²) in [5, 5.41) is 12.5. The number of hydrogen-bond donors (Lipinski definition) is 3. The second-order valence-electron chi connectivity index (χ2n) is 4.58. The lowest BCUT2D eigenvalue weighted by atomic mass is 10.0. The van der Waals surface area contributed by atoms with E-state index in [9.17, 15) is 9.90 Å². The molecular formula is C13H20Cl2N2O2. The SMILES string of the molecule is Cl.Cl.NC(Cc1ccccc1)C(O)C(=O)NC1CC1. The zero-order valence-corrected chi connectivity index (χ0v) is 12.1. The Labute approximate surface area is 125 Å². The average Bonchev–Trinajstić information content (AvgIpc) is 3.13. The fraction of sp³-hybridized carbons (Fsp3) is 0.462. The molecule has 1 aliphatic rings. The molecule has 0 spiro atoms. The molecule has 108 valence electrons. The average molecular weight is 307 g/mol. The predicted octanol–water partition coefficient (Wildman–Crippen LogP) is 1.04. The summed E-state index contributed by atoms with van der Waals surface area (Å²) in [6.45, 7) is 0. The number of aliphatic hydroxyl groups is 1. The first-order chi connectivity index (χ1) is 8.16. The van der Waals surface area contributed by atoms with E-state index in [1.54, 1.807) is 0 Å². The third-order valence-electron chi connectivity index (χ3n) is 2.91. The van der Waals surface area contributed by atoms with E-state index in [4.69, 9.17) is 5.73 Å². The van der Waals surface area contributed by atoms with Crippen molar-refractivity contribution in [1.82, 2.24) is 5.32 Å². The van der Waals surface area contributed by atoms with Crippen LogP contribution >= 0.6 is 24.8 Å². The van der Waals surface area contributed by atoms with Crippen molar-refractivity contribution in [2.75, 3.05) is 0 Å². The molecule has 0 heterocycles. The molecule has 6 heteroatoms. The molecule has 2 atom stereocenters. The van der Waals surface area contributed by atoms with E-state index in [-0.39, 0.29) is 36.8 Å². The predicted molar refractivity (Wildman–Crippen MR) is 79.8 cm³/mol. The first kappa shape index (κ1) is 18.2. The lowest BCUT2D eigenvalue weighted by Crippen LogP contribution is -2.48. The van der Waals surface area contributed by atoms with Gasteiger partial charge in [0.25, 0.3) is 5.91 Å². The van der Waals surface area contributed by atoms with Crippen LogP contribution in [0.25, 0.3) is 0 Å². The van der Waals surface area contributed by atoms with E-state index >= 15 is 0 Å². The molecule has 0 aromatic heterocycles. The third kappa shape index (κ3) is 5.78. The van der Waals surface area contributed by atoms with Crippen LogP contribution in [0.2, 0.25) is 0 Å². The first-order valence-electron chi connectivity index (χ1n) is 5.95. The Morgan fingerprint density at radius 1 is 1.32 bits per heavy atom. The molecule has 1 fully saturated rings. The summed E-state index contributed by atoms with van der Waals surface area (Å²) in [6.07, 6.45) is 1.38. The largest absolute Gasteiger partial charge is 0.382 e. The van der Waals surface area contributed by atoms with Gasteiger partial charge in [-0.2, -0.15) is 0 Å². The number of carbonyl (C=O) groups is 1. The Hall–Kier alpha value is -0.810. The molecule has 2 unspecified atom stereocenters. The van der Waals surface area contributed by atoms with Crippen LogP contribution in [-0.2, 0) is 11.2 Å². The van der Waals surface area contributed by atoms with E-state index in [0.717, 1.165) is 18.4 Å². The number of amides is 1. The van der Waals surface area contributed by atoms with Crippen molar-refractivity contribution in [3.05, 3.63) is 35.9 Å². The van der Waals surface area contributed by atoms with Gasteiger partial charge in [0.05, 0.1) is 0 Å². The van der Waals surface area contributed by atoms with Gasteiger partial charge in [-0.05, 0) is 24.8 Å². The fourth-order valence-corrected chi connectivity index (χ4v) is 1.71. The zero-order valence-electron chi connectivity index (χ0n) is 10.5. The van der Waals surface area contributed by atoms with Gasteiger partial charge in [0.15, 0.2) is 0 Å². The normalized spacial score (nSPS) is 16.5.